The van der Waals surface area contributed by atoms with Crippen molar-refractivity contribution in [3.63, 3.8) is 0 Å². The average Bonchev–Trinajstić information content (AvgIpc) is 3.45. The Bertz CT molecular complexity index is 747. The summed E-state index contributed by atoms with van der Waals surface area (Å²) in [4.78, 5) is 64.0. The molecule has 0 saturated carbocycles. The van der Waals surface area contributed by atoms with Crippen LogP contribution in [0.2, 0.25) is 0 Å². The predicted octanol–water partition coefficient (Wildman–Crippen LogP) is -1.14. The number of hydrogen-bond acceptors (Lipinski definition) is 7. The van der Waals surface area contributed by atoms with Gasteiger partial charge in [-0.3, -0.25) is 19.2 Å². The smallest absolute Gasteiger partial charge is 0.326 e. The largest absolute Gasteiger partial charge is 0.481 e. The number of aliphatic carboxylic acids is 2. The number of hydrogen-bond donors (Lipinski definition) is 5. The molecule has 2 aliphatic rings. The van der Waals surface area contributed by atoms with Crippen molar-refractivity contribution in [1.82, 2.24) is 15.1 Å². The Hall–Kier alpha value is -2.73. The zero-order valence-electron chi connectivity index (χ0n) is 18.8. The molecule has 4 unspecified atom stereocenters. The zero-order valence-corrected chi connectivity index (χ0v) is 18.8. The fraction of sp³-hybridized carbons (Fsp3) is 0.762. The highest BCUT2D eigenvalue weighted by molar-refractivity contribution is 5.94. The van der Waals surface area contributed by atoms with Gasteiger partial charge in [-0.2, -0.15) is 0 Å². The van der Waals surface area contributed by atoms with E-state index in [1.54, 1.807) is 0 Å². The van der Waals surface area contributed by atoms with Gasteiger partial charge in [0.25, 0.3) is 0 Å². The third-order valence-electron chi connectivity index (χ3n) is 6.21. The van der Waals surface area contributed by atoms with Crippen LogP contribution in [0.4, 0.5) is 0 Å². The second kappa shape index (κ2) is 12.5. The molecular weight excluding hydrogens is 434 g/mol. The SMILES string of the molecule is NCCCCC(NC(=O)C1CCCN1C(=O)C1CCCN1C(=O)C(N)CCC(=O)O)C(=O)O. The van der Waals surface area contributed by atoms with Crippen molar-refractivity contribution in [2.75, 3.05) is 19.6 Å². The van der Waals surface area contributed by atoms with Crippen LogP contribution in [0, 0.1) is 0 Å². The molecule has 0 radical (unpaired) electrons. The Morgan fingerprint density at radius 3 is 2.18 bits per heavy atom. The molecule has 186 valence electrons. The summed E-state index contributed by atoms with van der Waals surface area (Å²) in [6.07, 6.45) is 3.21. The van der Waals surface area contributed by atoms with Crippen LogP contribution in [-0.2, 0) is 24.0 Å². The Kier molecular flexibility index (Phi) is 10.0. The molecule has 0 aromatic carbocycles. The minimum absolute atomic E-state index is 0.0267. The maximum absolute atomic E-state index is 13.3. The van der Waals surface area contributed by atoms with Crippen molar-refractivity contribution in [1.29, 1.82) is 0 Å². The first kappa shape index (κ1) is 26.5. The number of nitrogens with zero attached hydrogens (tertiary/aromatic N) is 2. The lowest BCUT2D eigenvalue weighted by molar-refractivity contribution is -0.148. The summed E-state index contributed by atoms with van der Waals surface area (Å²) in [6, 6.07) is -3.64. The third-order valence-corrected chi connectivity index (χ3v) is 6.21. The second-order valence-electron chi connectivity index (χ2n) is 8.60. The molecule has 12 nitrogen and oxygen atoms in total. The van der Waals surface area contributed by atoms with Gasteiger partial charge in [-0.1, -0.05) is 0 Å². The van der Waals surface area contributed by atoms with Crippen LogP contribution in [0.3, 0.4) is 0 Å². The molecule has 0 spiro atoms. The van der Waals surface area contributed by atoms with Crippen molar-refractivity contribution in [2.45, 2.75) is 82.0 Å². The van der Waals surface area contributed by atoms with Crippen LogP contribution in [0.25, 0.3) is 0 Å². The average molecular weight is 470 g/mol. The predicted molar refractivity (Wildman–Crippen MR) is 117 cm³/mol. The molecule has 2 saturated heterocycles. The van der Waals surface area contributed by atoms with E-state index in [-0.39, 0.29) is 25.2 Å². The van der Waals surface area contributed by atoms with Gasteiger partial charge in [0.1, 0.15) is 18.1 Å². The highest BCUT2D eigenvalue weighted by Crippen LogP contribution is 2.26. The molecule has 2 rings (SSSR count). The van der Waals surface area contributed by atoms with E-state index in [1.165, 1.54) is 9.80 Å². The van der Waals surface area contributed by atoms with Crippen LogP contribution >= 0.6 is 0 Å². The summed E-state index contributed by atoms with van der Waals surface area (Å²) in [5.74, 6) is -3.55. The van der Waals surface area contributed by atoms with Gasteiger partial charge in [0.2, 0.25) is 17.7 Å². The van der Waals surface area contributed by atoms with Crippen LogP contribution in [-0.4, -0.2) is 93.5 Å². The van der Waals surface area contributed by atoms with E-state index in [4.69, 9.17) is 16.6 Å². The molecule has 0 bridgehead atoms. The molecule has 0 aromatic heterocycles. The maximum Gasteiger partial charge on any atom is 0.326 e. The van der Waals surface area contributed by atoms with Crippen molar-refractivity contribution >= 4 is 29.7 Å². The van der Waals surface area contributed by atoms with E-state index >= 15 is 0 Å². The molecule has 7 N–H and O–H groups in total. The molecule has 33 heavy (non-hydrogen) atoms. The number of carbonyl (C=O) groups excluding carboxylic acids is 3. The van der Waals surface area contributed by atoms with E-state index in [2.05, 4.69) is 5.32 Å². The fourth-order valence-electron chi connectivity index (χ4n) is 4.42. The van der Waals surface area contributed by atoms with Crippen LogP contribution < -0.4 is 16.8 Å². The summed E-state index contributed by atoms with van der Waals surface area (Å²) in [5, 5.41) is 20.8. The molecule has 2 heterocycles. The molecule has 2 aliphatic heterocycles. The number of nitrogens with one attached hydrogen (secondary N) is 1. The minimum atomic E-state index is -1.14. The van der Waals surface area contributed by atoms with Crippen molar-refractivity contribution in [3.8, 4) is 0 Å². The highest BCUT2D eigenvalue weighted by Gasteiger charge is 2.43. The molecule has 3 amide bonds. The number of carboxylic acid groups (broad SMARTS) is 2. The van der Waals surface area contributed by atoms with Gasteiger partial charge >= 0.3 is 11.9 Å². The fourth-order valence-corrected chi connectivity index (χ4v) is 4.42. The van der Waals surface area contributed by atoms with Crippen molar-refractivity contribution in [3.05, 3.63) is 0 Å². The summed E-state index contributed by atoms with van der Waals surface area (Å²) in [6.45, 7) is 1.11. The number of nitrogens with two attached hydrogens (primary N) is 2. The summed E-state index contributed by atoms with van der Waals surface area (Å²) in [5.41, 5.74) is 11.3. The van der Waals surface area contributed by atoms with Crippen molar-refractivity contribution in [2.24, 2.45) is 11.5 Å². The molecule has 12 heteroatoms. The molecule has 2 fully saturated rings. The number of carboxylic acids is 2. The summed E-state index contributed by atoms with van der Waals surface area (Å²) < 4.78 is 0. The van der Waals surface area contributed by atoms with E-state index < -0.39 is 47.9 Å². The Balaban J connectivity index is 2.03. The number of unbranched alkanes of at least 4 members (excludes halogenated alkanes) is 1. The number of likely N-dealkylation sites (tertiary alicyclic amines) is 2. The van der Waals surface area contributed by atoms with E-state index in [0.29, 0.717) is 58.2 Å². The van der Waals surface area contributed by atoms with Crippen LogP contribution in [0.5, 0.6) is 0 Å². The van der Waals surface area contributed by atoms with E-state index in [0.717, 1.165) is 0 Å². The first-order valence-electron chi connectivity index (χ1n) is 11.5. The van der Waals surface area contributed by atoms with Gasteiger partial charge in [0.15, 0.2) is 0 Å². The van der Waals surface area contributed by atoms with Crippen LogP contribution in [0.1, 0.15) is 57.8 Å². The number of carbonyl (C=O) groups is 5. The summed E-state index contributed by atoms with van der Waals surface area (Å²) >= 11 is 0. The van der Waals surface area contributed by atoms with Crippen LogP contribution in [0.15, 0.2) is 0 Å². The molecule has 4 atom stereocenters. The lowest BCUT2D eigenvalue weighted by atomic mass is 10.1. The van der Waals surface area contributed by atoms with Crippen molar-refractivity contribution < 1.29 is 34.2 Å². The molecular formula is C21H35N5O7. The molecule has 0 aliphatic carbocycles. The number of amides is 3. The van der Waals surface area contributed by atoms with E-state index in [1.807, 2.05) is 0 Å². The Labute approximate surface area is 192 Å². The second-order valence-corrected chi connectivity index (χ2v) is 8.60. The summed E-state index contributed by atoms with van der Waals surface area (Å²) in [7, 11) is 0. The van der Waals surface area contributed by atoms with E-state index in [9.17, 15) is 29.1 Å². The number of rotatable bonds is 12. The van der Waals surface area contributed by atoms with Gasteiger partial charge in [-0.15, -0.1) is 0 Å². The first-order valence-corrected chi connectivity index (χ1v) is 11.5. The highest BCUT2D eigenvalue weighted by atomic mass is 16.4. The Morgan fingerprint density at radius 1 is 0.939 bits per heavy atom. The van der Waals surface area contributed by atoms with Gasteiger partial charge in [-0.25, -0.2) is 4.79 Å². The standard InChI is InChI=1S/C21H35N5O7/c22-10-2-1-5-14(21(32)33)24-18(29)15-6-3-11-25(15)20(31)16-7-4-12-26(16)19(30)13(23)8-9-17(27)28/h13-16H,1-12,22-23H2,(H,24,29)(H,27,28)(H,32,33). The van der Waals surface area contributed by atoms with Gasteiger partial charge in [0, 0.05) is 19.5 Å². The maximum atomic E-state index is 13.3. The lowest BCUT2D eigenvalue weighted by Crippen LogP contribution is -2.56. The van der Waals surface area contributed by atoms with Gasteiger partial charge in [0.05, 0.1) is 6.04 Å². The topological polar surface area (TPSA) is 196 Å². The first-order chi connectivity index (χ1) is 15.7. The zero-order chi connectivity index (χ0) is 24.5. The quantitative estimate of drug-likeness (QED) is 0.219. The molecule has 0 aromatic rings. The third kappa shape index (κ3) is 7.13. The minimum Gasteiger partial charge on any atom is -0.481 e. The Morgan fingerprint density at radius 2 is 1.58 bits per heavy atom. The lowest BCUT2D eigenvalue weighted by Gasteiger charge is -2.32. The van der Waals surface area contributed by atoms with Gasteiger partial charge in [-0.05, 0) is 57.9 Å². The normalized spacial score (nSPS) is 22.1. The monoisotopic (exact) mass is 469 g/mol. The van der Waals surface area contributed by atoms with Gasteiger partial charge < -0.3 is 36.8 Å².